The van der Waals surface area contributed by atoms with Crippen LogP contribution in [-0.2, 0) is 0 Å². The summed E-state index contributed by atoms with van der Waals surface area (Å²) in [6.45, 7) is 0. The molecule has 5 aromatic rings. The van der Waals surface area contributed by atoms with Crippen molar-refractivity contribution in [2.45, 2.75) is 0 Å². The lowest BCUT2D eigenvalue weighted by Gasteiger charge is -2.08. The van der Waals surface area contributed by atoms with Crippen LogP contribution in [0.4, 0.5) is 0 Å². The highest BCUT2D eigenvalue weighted by atomic mass is 14.8. The van der Waals surface area contributed by atoms with Gasteiger partial charge in [-0.1, -0.05) is 103 Å². The second kappa shape index (κ2) is 8.14. The molecule has 2 heteroatoms. The van der Waals surface area contributed by atoms with Crippen LogP contribution in [0.5, 0.6) is 0 Å². The Kier molecular flexibility index (Phi) is 4.89. The Labute approximate surface area is 176 Å². The molecule has 0 aliphatic carbocycles. The number of hydrogen-bond donors (Lipinski definition) is 0. The highest BCUT2D eigenvalue weighted by Crippen LogP contribution is 2.28. The highest BCUT2D eigenvalue weighted by Gasteiger charge is 2.07. The van der Waals surface area contributed by atoms with Gasteiger partial charge in [0.05, 0.1) is 11.4 Å². The molecule has 0 radical (unpaired) electrons. The van der Waals surface area contributed by atoms with Gasteiger partial charge in [-0.25, -0.2) is 9.97 Å². The number of rotatable bonds is 4. The molecule has 0 aliphatic rings. The van der Waals surface area contributed by atoms with Crippen molar-refractivity contribution in [1.29, 1.82) is 0 Å². The van der Waals surface area contributed by atoms with Crippen LogP contribution in [0.1, 0.15) is 0 Å². The molecule has 1 aromatic heterocycles. The van der Waals surface area contributed by atoms with Crippen molar-refractivity contribution in [2.75, 3.05) is 0 Å². The molecule has 0 saturated heterocycles. The second-order valence-corrected chi connectivity index (χ2v) is 7.18. The van der Waals surface area contributed by atoms with E-state index in [2.05, 4.69) is 113 Å². The number of benzene rings is 4. The number of hydrogen-bond acceptors (Lipinski definition) is 2. The molecule has 0 spiro atoms. The summed E-state index contributed by atoms with van der Waals surface area (Å²) in [5.41, 5.74) is 8.80. The smallest absolute Gasteiger partial charge is 0.116 e. The lowest BCUT2D eigenvalue weighted by atomic mass is 10.00. The third-order valence-corrected chi connectivity index (χ3v) is 5.22. The summed E-state index contributed by atoms with van der Waals surface area (Å²) in [4.78, 5) is 9.03. The molecule has 0 N–H and O–H groups in total. The van der Waals surface area contributed by atoms with E-state index in [-0.39, 0.29) is 0 Å². The van der Waals surface area contributed by atoms with Gasteiger partial charge in [-0.2, -0.15) is 0 Å². The maximum absolute atomic E-state index is 4.52. The van der Waals surface area contributed by atoms with Gasteiger partial charge in [0.2, 0.25) is 0 Å². The van der Waals surface area contributed by atoms with E-state index >= 15 is 0 Å². The molecule has 0 aliphatic heterocycles. The van der Waals surface area contributed by atoms with E-state index in [4.69, 9.17) is 0 Å². The minimum Gasteiger partial charge on any atom is -0.236 e. The number of nitrogens with zero attached hydrogens (tertiary/aromatic N) is 2. The topological polar surface area (TPSA) is 25.8 Å². The van der Waals surface area contributed by atoms with Gasteiger partial charge in [-0.3, -0.25) is 0 Å². The fraction of sp³-hybridized carbons (Fsp3) is 0. The first-order chi connectivity index (χ1) is 14.9. The van der Waals surface area contributed by atoms with Crippen molar-refractivity contribution in [3.05, 3.63) is 122 Å². The molecular formula is C28H20N2. The van der Waals surface area contributed by atoms with E-state index in [1.807, 2.05) is 12.1 Å². The molecular weight excluding hydrogens is 364 g/mol. The fourth-order valence-corrected chi connectivity index (χ4v) is 3.63. The van der Waals surface area contributed by atoms with Crippen LogP contribution in [0.25, 0.3) is 44.8 Å². The van der Waals surface area contributed by atoms with Crippen LogP contribution in [0, 0.1) is 0 Å². The zero-order valence-corrected chi connectivity index (χ0v) is 16.4. The summed E-state index contributed by atoms with van der Waals surface area (Å²) in [6.07, 6.45) is 1.64. The van der Waals surface area contributed by atoms with Gasteiger partial charge in [0.25, 0.3) is 0 Å². The maximum atomic E-state index is 4.52. The molecule has 0 atom stereocenters. The summed E-state index contributed by atoms with van der Waals surface area (Å²) in [7, 11) is 0. The van der Waals surface area contributed by atoms with Crippen LogP contribution >= 0.6 is 0 Å². The molecule has 2 nitrogen and oxygen atoms in total. The van der Waals surface area contributed by atoms with Crippen LogP contribution in [0.2, 0.25) is 0 Å². The first-order valence-corrected chi connectivity index (χ1v) is 10.0. The Morgan fingerprint density at radius 1 is 0.333 bits per heavy atom. The first kappa shape index (κ1) is 18.0. The Balaban J connectivity index is 1.46. The summed E-state index contributed by atoms with van der Waals surface area (Å²) in [5, 5.41) is 0. The van der Waals surface area contributed by atoms with E-state index in [1.165, 1.54) is 22.3 Å². The van der Waals surface area contributed by atoms with Gasteiger partial charge in [0.1, 0.15) is 6.33 Å². The highest BCUT2D eigenvalue weighted by molar-refractivity contribution is 5.74. The van der Waals surface area contributed by atoms with E-state index in [9.17, 15) is 0 Å². The molecule has 142 valence electrons. The monoisotopic (exact) mass is 384 g/mol. The SMILES string of the molecule is c1ccc(-c2ccc(-c3cc(-c4cccc(-c5ccccc5)c4)ncn3)cc2)cc1. The Bertz CT molecular complexity index is 1260. The van der Waals surface area contributed by atoms with Crippen molar-refractivity contribution in [3.8, 4) is 44.8 Å². The maximum Gasteiger partial charge on any atom is 0.116 e. The summed E-state index contributed by atoms with van der Waals surface area (Å²) in [6, 6.07) is 39.9. The van der Waals surface area contributed by atoms with E-state index in [0.717, 1.165) is 22.5 Å². The molecule has 4 aromatic carbocycles. The Morgan fingerprint density at radius 2 is 0.800 bits per heavy atom. The zero-order chi connectivity index (χ0) is 20.2. The summed E-state index contributed by atoms with van der Waals surface area (Å²) >= 11 is 0. The molecule has 0 amide bonds. The van der Waals surface area contributed by atoms with Gasteiger partial charge >= 0.3 is 0 Å². The van der Waals surface area contributed by atoms with Crippen molar-refractivity contribution in [2.24, 2.45) is 0 Å². The Hall–Kier alpha value is -4.04. The van der Waals surface area contributed by atoms with Crippen LogP contribution in [0.3, 0.4) is 0 Å². The molecule has 5 rings (SSSR count). The molecule has 0 unspecified atom stereocenters. The minimum atomic E-state index is 0.921. The fourth-order valence-electron chi connectivity index (χ4n) is 3.63. The van der Waals surface area contributed by atoms with E-state index in [1.54, 1.807) is 6.33 Å². The van der Waals surface area contributed by atoms with E-state index < -0.39 is 0 Å². The summed E-state index contributed by atoms with van der Waals surface area (Å²) in [5.74, 6) is 0. The zero-order valence-electron chi connectivity index (χ0n) is 16.4. The largest absolute Gasteiger partial charge is 0.236 e. The normalized spacial score (nSPS) is 10.7. The lowest BCUT2D eigenvalue weighted by molar-refractivity contribution is 1.18. The summed E-state index contributed by atoms with van der Waals surface area (Å²) < 4.78 is 0. The Morgan fingerprint density at radius 3 is 1.47 bits per heavy atom. The van der Waals surface area contributed by atoms with Gasteiger partial charge in [0.15, 0.2) is 0 Å². The van der Waals surface area contributed by atoms with Crippen molar-refractivity contribution >= 4 is 0 Å². The average molecular weight is 384 g/mol. The van der Waals surface area contributed by atoms with Crippen LogP contribution in [-0.4, -0.2) is 9.97 Å². The molecule has 1 heterocycles. The van der Waals surface area contributed by atoms with Gasteiger partial charge in [0, 0.05) is 11.1 Å². The van der Waals surface area contributed by atoms with Gasteiger partial charge in [-0.15, -0.1) is 0 Å². The second-order valence-electron chi connectivity index (χ2n) is 7.18. The lowest BCUT2D eigenvalue weighted by Crippen LogP contribution is -1.90. The van der Waals surface area contributed by atoms with Crippen LogP contribution < -0.4 is 0 Å². The van der Waals surface area contributed by atoms with Gasteiger partial charge in [-0.05, 0) is 34.4 Å². The third kappa shape index (κ3) is 3.76. The quantitative estimate of drug-likeness (QED) is 0.329. The first-order valence-electron chi connectivity index (χ1n) is 10.0. The van der Waals surface area contributed by atoms with Crippen LogP contribution in [0.15, 0.2) is 122 Å². The predicted molar refractivity (Wildman–Crippen MR) is 124 cm³/mol. The molecule has 0 bridgehead atoms. The van der Waals surface area contributed by atoms with E-state index in [0.29, 0.717) is 0 Å². The molecule has 0 fully saturated rings. The number of aromatic nitrogens is 2. The minimum absolute atomic E-state index is 0.921. The predicted octanol–water partition coefficient (Wildman–Crippen LogP) is 7.14. The molecule has 0 saturated carbocycles. The third-order valence-electron chi connectivity index (χ3n) is 5.22. The average Bonchev–Trinajstić information content (AvgIpc) is 2.85. The standard InChI is InChI=1S/C28H20N2/c1-3-8-21(9-4-1)23-14-16-24(17-15-23)27-19-28(30-20-29-27)26-13-7-12-25(18-26)22-10-5-2-6-11-22/h1-20H. The van der Waals surface area contributed by atoms with Gasteiger partial charge < -0.3 is 0 Å². The molecule has 30 heavy (non-hydrogen) atoms. The van der Waals surface area contributed by atoms with Crippen molar-refractivity contribution in [1.82, 2.24) is 9.97 Å². The van der Waals surface area contributed by atoms with Crippen molar-refractivity contribution < 1.29 is 0 Å². The van der Waals surface area contributed by atoms with Crippen molar-refractivity contribution in [3.63, 3.8) is 0 Å².